The van der Waals surface area contributed by atoms with Gasteiger partial charge >= 0.3 is 5.97 Å². The second-order valence-corrected chi connectivity index (χ2v) is 6.26. The summed E-state index contributed by atoms with van der Waals surface area (Å²) in [6, 6.07) is 4.32. The summed E-state index contributed by atoms with van der Waals surface area (Å²) in [7, 11) is 0. The molecule has 0 spiro atoms. The van der Waals surface area contributed by atoms with Crippen molar-refractivity contribution in [3.8, 4) is 0 Å². The maximum atomic E-state index is 12.6. The first-order valence-corrected chi connectivity index (χ1v) is 7.82. The molecule has 7 heteroatoms. The highest BCUT2D eigenvalue weighted by atomic mass is 35.5. The fourth-order valence-electron chi connectivity index (χ4n) is 2.37. The van der Waals surface area contributed by atoms with Gasteiger partial charge in [-0.25, -0.2) is 4.79 Å². The number of fused-ring (bicyclic) bond motifs is 1. The third-order valence-corrected chi connectivity index (χ3v) is 4.77. The van der Waals surface area contributed by atoms with Crippen LogP contribution in [0.2, 0.25) is 5.02 Å². The molecule has 0 aliphatic carbocycles. The zero-order chi connectivity index (χ0) is 15.1. The first-order valence-electron chi connectivity index (χ1n) is 6.29. The van der Waals surface area contributed by atoms with Crippen LogP contribution in [0.3, 0.4) is 0 Å². The first kappa shape index (κ1) is 14.3. The van der Waals surface area contributed by atoms with Crippen LogP contribution >= 0.6 is 23.4 Å². The van der Waals surface area contributed by atoms with Crippen molar-refractivity contribution >= 4 is 46.2 Å². The first-order chi connectivity index (χ1) is 9.99. The van der Waals surface area contributed by atoms with Crippen molar-refractivity contribution < 1.29 is 19.1 Å². The summed E-state index contributed by atoms with van der Waals surface area (Å²) < 4.78 is 5.60. The van der Waals surface area contributed by atoms with Gasteiger partial charge in [0.15, 0.2) is 5.76 Å². The maximum absolute atomic E-state index is 12.6. The molecule has 1 aliphatic heterocycles. The van der Waals surface area contributed by atoms with Gasteiger partial charge in [-0.2, -0.15) is 0 Å². The van der Waals surface area contributed by atoms with Gasteiger partial charge in [0.2, 0.25) is 0 Å². The Labute approximate surface area is 129 Å². The normalized spacial score (nSPS) is 18.4. The average Bonchev–Trinajstić information content (AvgIpc) is 3.04. The SMILES string of the molecule is Cc1c(C(=O)N2CSC[C@H]2C(=O)O)oc2ccc(Cl)cc12. The number of aliphatic carboxylic acids is 1. The standard InChI is InChI=1S/C14H12ClNO4S/c1-7-9-4-8(15)2-3-11(9)20-12(7)13(17)16-6-21-5-10(16)14(18)19/h2-4,10H,5-6H2,1H3,(H,18,19)/t10-/m0/s1. The summed E-state index contributed by atoms with van der Waals surface area (Å²) in [5.74, 6) is -0.456. The van der Waals surface area contributed by atoms with Gasteiger partial charge in [0.05, 0.1) is 5.88 Å². The van der Waals surface area contributed by atoms with Crippen molar-refractivity contribution in [1.82, 2.24) is 4.90 Å². The molecule has 5 nitrogen and oxygen atoms in total. The van der Waals surface area contributed by atoms with Crippen LogP contribution in [-0.2, 0) is 4.79 Å². The smallest absolute Gasteiger partial charge is 0.327 e. The lowest BCUT2D eigenvalue weighted by Crippen LogP contribution is -2.41. The van der Waals surface area contributed by atoms with E-state index in [9.17, 15) is 9.59 Å². The molecule has 1 fully saturated rings. The van der Waals surface area contributed by atoms with Crippen molar-refractivity contribution in [2.24, 2.45) is 0 Å². The van der Waals surface area contributed by atoms with Crippen LogP contribution in [0.15, 0.2) is 22.6 Å². The summed E-state index contributed by atoms with van der Waals surface area (Å²) in [6.07, 6.45) is 0. The van der Waals surface area contributed by atoms with Gasteiger partial charge in [-0.1, -0.05) is 11.6 Å². The molecule has 1 aromatic carbocycles. The topological polar surface area (TPSA) is 70.8 Å². The summed E-state index contributed by atoms with van der Waals surface area (Å²) in [5, 5.41) is 10.5. The van der Waals surface area contributed by atoms with Crippen LogP contribution in [0.25, 0.3) is 11.0 Å². The van der Waals surface area contributed by atoms with Gasteiger partial charge in [0.25, 0.3) is 5.91 Å². The van der Waals surface area contributed by atoms with E-state index < -0.39 is 17.9 Å². The number of nitrogens with zero attached hydrogens (tertiary/aromatic N) is 1. The fourth-order valence-corrected chi connectivity index (χ4v) is 3.69. The largest absolute Gasteiger partial charge is 0.480 e. The zero-order valence-electron chi connectivity index (χ0n) is 11.1. The highest BCUT2D eigenvalue weighted by molar-refractivity contribution is 7.99. The molecule has 1 saturated heterocycles. The van der Waals surface area contributed by atoms with Crippen LogP contribution in [0, 0.1) is 6.92 Å². The lowest BCUT2D eigenvalue weighted by atomic mass is 10.1. The number of carboxylic acid groups (broad SMARTS) is 1. The van der Waals surface area contributed by atoms with Crippen LogP contribution in [0.5, 0.6) is 0 Å². The third-order valence-electron chi connectivity index (χ3n) is 3.52. The van der Waals surface area contributed by atoms with Gasteiger partial charge in [0, 0.05) is 21.7 Å². The Morgan fingerprint density at radius 1 is 1.48 bits per heavy atom. The van der Waals surface area contributed by atoms with Crippen LogP contribution in [0.1, 0.15) is 16.1 Å². The van der Waals surface area contributed by atoms with E-state index in [1.54, 1.807) is 25.1 Å². The van der Waals surface area contributed by atoms with Crippen LogP contribution in [0.4, 0.5) is 0 Å². The molecule has 1 atom stereocenters. The molecule has 110 valence electrons. The van der Waals surface area contributed by atoms with Crippen molar-refractivity contribution in [1.29, 1.82) is 0 Å². The number of hydrogen-bond donors (Lipinski definition) is 1. The third kappa shape index (κ3) is 2.38. The molecule has 3 rings (SSSR count). The van der Waals surface area contributed by atoms with Gasteiger partial charge in [0.1, 0.15) is 11.6 Å². The van der Waals surface area contributed by atoms with Crippen molar-refractivity contribution in [2.75, 3.05) is 11.6 Å². The molecule has 1 amide bonds. The number of halogens is 1. The van der Waals surface area contributed by atoms with Gasteiger partial charge in [-0.3, -0.25) is 4.79 Å². The number of carboxylic acids is 1. The number of benzene rings is 1. The number of rotatable bonds is 2. The number of amides is 1. The van der Waals surface area contributed by atoms with E-state index in [0.717, 1.165) is 5.39 Å². The number of furan rings is 1. The molecule has 2 aromatic rings. The Bertz CT molecular complexity index is 742. The quantitative estimate of drug-likeness (QED) is 0.919. The Morgan fingerprint density at radius 2 is 2.24 bits per heavy atom. The lowest BCUT2D eigenvalue weighted by Gasteiger charge is -2.19. The number of hydrogen-bond acceptors (Lipinski definition) is 4. The summed E-state index contributed by atoms with van der Waals surface area (Å²) >= 11 is 7.37. The van der Waals surface area contributed by atoms with Gasteiger partial charge in [-0.15, -0.1) is 11.8 Å². The highest BCUT2D eigenvalue weighted by Gasteiger charge is 2.37. The van der Waals surface area contributed by atoms with E-state index in [1.165, 1.54) is 16.7 Å². The Balaban J connectivity index is 2.02. The summed E-state index contributed by atoms with van der Waals surface area (Å²) in [5.41, 5.74) is 1.25. The predicted molar refractivity (Wildman–Crippen MR) is 80.9 cm³/mol. The van der Waals surface area contributed by atoms with Crippen molar-refractivity contribution in [3.63, 3.8) is 0 Å². The molecular formula is C14H12ClNO4S. The minimum absolute atomic E-state index is 0.181. The van der Waals surface area contributed by atoms with E-state index >= 15 is 0 Å². The monoisotopic (exact) mass is 325 g/mol. The van der Waals surface area contributed by atoms with Gasteiger partial charge in [-0.05, 0) is 25.1 Å². The van der Waals surface area contributed by atoms with Crippen LogP contribution < -0.4 is 0 Å². The zero-order valence-corrected chi connectivity index (χ0v) is 12.7. The number of carbonyl (C=O) groups is 2. The molecule has 0 bridgehead atoms. The molecule has 0 radical (unpaired) electrons. The number of thioether (sulfide) groups is 1. The van der Waals surface area contributed by atoms with E-state index in [1.807, 2.05) is 0 Å². The summed E-state index contributed by atoms with van der Waals surface area (Å²) in [6.45, 7) is 1.77. The molecule has 21 heavy (non-hydrogen) atoms. The Hall–Kier alpha value is -1.66. The summed E-state index contributed by atoms with van der Waals surface area (Å²) in [4.78, 5) is 25.1. The molecule has 0 saturated carbocycles. The van der Waals surface area contributed by atoms with E-state index in [0.29, 0.717) is 27.8 Å². The van der Waals surface area contributed by atoms with Crippen molar-refractivity contribution in [3.05, 3.63) is 34.5 Å². The van der Waals surface area contributed by atoms with E-state index in [2.05, 4.69) is 0 Å². The molecule has 0 unspecified atom stereocenters. The average molecular weight is 326 g/mol. The number of aryl methyl sites for hydroxylation is 1. The molecule has 1 aromatic heterocycles. The molecule has 1 N–H and O–H groups in total. The second-order valence-electron chi connectivity index (χ2n) is 4.83. The Morgan fingerprint density at radius 3 is 2.95 bits per heavy atom. The lowest BCUT2D eigenvalue weighted by molar-refractivity contribution is -0.140. The second kappa shape index (κ2) is 5.27. The Kier molecular flexibility index (Phi) is 3.59. The van der Waals surface area contributed by atoms with Crippen LogP contribution in [-0.4, -0.2) is 39.6 Å². The highest BCUT2D eigenvalue weighted by Crippen LogP contribution is 2.31. The van der Waals surface area contributed by atoms with E-state index in [4.69, 9.17) is 21.1 Å². The van der Waals surface area contributed by atoms with E-state index in [-0.39, 0.29) is 5.76 Å². The fraction of sp³-hybridized carbons (Fsp3) is 0.286. The number of carbonyl (C=O) groups excluding carboxylic acids is 1. The maximum Gasteiger partial charge on any atom is 0.327 e. The molecule has 2 heterocycles. The minimum Gasteiger partial charge on any atom is -0.480 e. The van der Waals surface area contributed by atoms with Gasteiger partial charge < -0.3 is 14.4 Å². The molecular weight excluding hydrogens is 314 g/mol. The minimum atomic E-state index is -0.995. The molecule has 1 aliphatic rings. The van der Waals surface area contributed by atoms with Crippen molar-refractivity contribution in [2.45, 2.75) is 13.0 Å². The predicted octanol–water partition coefficient (Wildman–Crippen LogP) is 2.99.